The summed E-state index contributed by atoms with van der Waals surface area (Å²) >= 11 is 0. The summed E-state index contributed by atoms with van der Waals surface area (Å²) < 4.78 is 1.95. The van der Waals surface area contributed by atoms with E-state index in [-0.39, 0.29) is 5.92 Å². The lowest BCUT2D eigenvalue weighted by Crippen LogP contribution is -2.36. The zero-order chi connectivity index (χ0) is 22.1. The van der Waals surface area contributed by atoms with Gasteiger partial charge in [-0.15, -0.1) is 0 Å². The molecule has 0 radical (unpaired) electrons. The van der Waals surface area contributed by atoms with Crippen molar-refractivity contribution in [3.05, 3.63) is 41.9 Å². The molecule has 2 aromatic heterocycles. The SMILES string of the molecule is CCCCc1nc(N2CCCN(C(=O)C3CC3)CC2)c2c(C)nn(-c3ccccc3)c2n1. The van der Waals surface area contributed by atoms with E-state index in [1.54, 1.807) is 0 Å². The van der Waals surface area contributed by atoms with Crippen LogP contribution in [0, 0.1) is 12.8 Å². The molecule has 2 fully saturated rings. The molecule has 0 bridgehead atoms. The van der Waals surface area contributed by atoms with Gasteiger partial charge in [0.1, 0.15) is 11.6 Å². The molecule has 0 atom stereocenters. The lowest BCUT2D eigenvalue weighted by Gasteiger charge is -2.24. The Morgan fingerprint density at radius 3 is 2.62 bits per heavy atom. The van der Waals surface area contributed by atoms with Gasteiger partial charge in [-0.25, -0.2) is 14.6 Å². The summed E-state index contributed by atoms with van der Waals surface area (Å²) in [7, 11) is 0. The highest BCUT2D eigenvalue weighted by Crippen LogP contribution is 2.33. The van der Waals surface area contributed by atoms with E-state index in [0.717, 1.165) is 98.8 Å². The molecule has 3 aromatic rings. The predicted octanol–water partition coefficient (Wildman–Crippen LogP) is 3.92. The maximum absolute atomic E-state index is 12.6. The van der Waals surface area contributed by atoms with Crippen molar-refractivity contribution >= 4 is 22.8 Å². The molecule has 7 heteroatoms. The number of carbonyl (C=O) groups is 1. The Hall–Kier alpha value is -2.96. The lowest BCUT2D eigenvalue weighted by atomic mass is 10.2. The first-order valence-electron chi connectivity index (χ1n) is 12.0. The van der Waals surface area contributed by atoms with Gasteiger partial charge in [-0.2, -0.15) is 5.10 Å². The first-order valence-corrected chi connectivity index (χ1v) is 12.0. The summed E-state index contributed by atoms with van der Waals surface area (Å²) in [5, 5.41) is 5.88. The van der Waals surface area contributed by atoms with E-state index in [1.807, 2.05) is 29.8 Å². The van der Waals surface area contributed by atoms with Crippen LogP contribution in [0.15, 0.2) is 30.3 Å². The van der Waals surface area contributed by atoms with Crippen LogP contribution in [0.1, 0.15) is 50.5 Å². The topological polar surface area (TPSA) is 67.2 Å². The number of hydrogen-bond acceptors (Lipinski definition) is 5. The van der Waals surface area contributed by atoms with Gasteiger partial charge in [0.2, 0.25) is 5.91 Å². The highest BCUT2D eigenvalue weighted by atomic mass is 16.2. The van der Waals surface area contributed by atoms with Gasteiger partial charge in [0, 0.05) is 38.5 Å². The molecule has 3 heterocycles. The van der Waals surface area contributed by atoms with E-state index in [4.69, 9.17) is 15.1 Å². The zero-order valence-electron chi connectivity index (χ0n) is 19.1. The lowest BCUT2D eigenvalue weighted by molar-refractivity contribution is -0.132. The molecular weight excluding hydrogens is 400 g/mol. The van der Waals surface area contributed by atoms with E-state index in [0.29, 0.717) is 5.91 Å². The number of benzene rings is 1. The molecule has 32 heavy (non-hydrogen) atoms. The van der Waals surface area contributed by atoms with Crippen molar-refractivity contribution in [1.29, 1.82) is 0 Å². The second-order valence-electron chi connectivity index (χ2n) is 9.04. The number of para-hydroxylation sites is 1. The van der Waals surface area contributed by atoms with Gasteiger partial charge in [0.15, 0.2) is 5.65 Å². The number of aryl methyl sites for hydroxylation is 2. The molecule has 1 aliphatic carbocycles. The third kappa shape index (κ3) is 4.08. The number of fused-ring (bicyclic) bond motifs is 1. The van der Waals surface area contributed by atoms with E-state index >= 15 is 0 Å². The molecule has 1 saturated heterocycles. The maximum Gasteiger partial charge on any atom is 0.225 e. The molecule has 168 valence electrons. The fourth-order valence-electron chi connectivity index (χ4n) is 4.57. The van der Waals surface area contributed by atoms with E-state index < -0.39 is 0 Å². The van der Waals surface area contributed by atoms with Crippen LogP contribution in [0.4, 0.5) is 5.82 Å². The van der Waals surface area contributed by atoms with Gasteiger partial charge in [-0.05, 0) is 44.7 Å². The molecule has 1 aromatic carbocycles. The number of aromatic nitrogens is 4. The summed E-state index contributed by atoms with van der Waals surface area (Å²) in [6.07, 6.45) is 6.11. The number of rotatable bonds is 6. The van der Waals surface area contributed by atoms with Crippen molar-refractivity contribution in [2.45, 2.75) is 52.4 Å². The summed E-state index contributed by atoms with van der Waals surface area (Å²) in [6, 6.07) is 10.2. The van der Waals surface area contributed by atoms with Gasteiger partial charge in [-0.1, -0.05) is 31.5 Å². The van der Waals surface area contributed by atoms with Crippen LogP contribution in [-0.2, 0) is 11.2 Å². The Morgan fingerprint density at radius 2 is 1.88 bits per heavy atom. The minimum absolute atomic E-state index is 0.277. The van der Waals surface area contributed by atoms with Crippen LogP contribution in [0.5, 0.6) is 0 Å². The molecular formula is C25H32N6O. The zero-order valence-corrected chi connectivity index (χ0v) is 19.1. The summed E-state index contributed by atoms with van der Waals surface area (Å²) in [4.78, 5) is 27.0. The molecule has 2 aliphatic rings. The van der Waals surface area contributed by atoms with Gasteiger partial charge in [0.05, 0.1) is 16.8 Å². The summed E-state index contributed by atoms with van der Waals surface area (Å²) in [5.41, 5.74) is 2.82. The van der Waals surface area contributed by atoms with Crippen LogP contribution < -0.4 is 4.90 Å². The quantitative estimate of drug-likeness (QED) is 0.591. The van der Waals surface area contributed by atoms with Crippen molar-refractivity contribution in [2.24, 2.45) is 5.92 Å². The van der Waals surface area contributed by atoms with Crippen molar-refractivity contribution < 1.29 is 4.79 Å². The normalized spacial score (nSPS) is 17.1. The van der Waals surface area contributed by atoms with E-state index in [2.05, 4.69) is 28.9 Å². The Bertz CT molecular complexity index is 1100. The molecule has 7 nitrogen and oxygen atoms in total. The largest absolute Gasteiger partial charge is 0.354 e. The number of unbranched alkanes of at least 4 members (excludes halogenated alkanes) is 1. The first-order chi connectivity index (χ1) is 15.7. The fourth-order valence-corrected chi connectivity index (χ4v) is 4.57. The predicted molar refractivity (Wildman–Crippen MR) is 126 cm³/mol. The van der Waals surface area contributed by atoms with Gasteiger partial charge < -0.3 is 9.80 Å². The average Bonchev–Trinajstić information content (AvgIpc) is 3.64. The molecule has 0 unspecified atom stereocenters. The van der Waals surface area contributed by atoms with Crippen LogP contribution in [0.25, 0.3) is 16.7 Å². The standard InChI is InChI=1S/C25H32N6O/c1-3-4-11-21-26-23(29-14-8-15-30(17-16-29)25(32)19-12-13-19)22-18(2)28-31(24(22)27-21)20-9-6-5-7-10-20/h5-7,9-10,19H,3-4,8,11-17H2,1-2H3. The third-order valence-corrected chi connectivity index (χ3v) is 6.52. The highest BCUT2D eigenvalue weighted by molar-refractivity contribution is 5.91. The second kappa shape index (κ2) is 8.88. The van der Waals surface area contributed by atoms with Crippen LogP contribution in [-0.4, -0.2) is 56.7 Å². The number of carbonyl (C=O) groups excluding carboxylic acids is 1. The summed E-state index contributed by atoms with van der Waals surface area (Å²) in [5.74, 6) is 2.47. The average molecular weight is 433 g/mol. The number of nitrogens with zero attached hydrogens (tertiary/aromatic N) is 6. The van der Waals surface area contributed by atoms with E-state index in [9.17, 15) is 4.79 Å². The number of hydrogen-bond donors (Lipinski definition) is 0. The molecule has 1 saturated carbocycles. The Kier molecular flexibility index (Phi) is 5.81. The van der Waals surface area contributed by atoms with Crippen molar-refractivity contribution in [2.75, 3.05) is 31.1 Å². The molecule has 0 N–H and O–H groups in total. The van der Waals surface area contributed by atoms with Crippen LogP contribution in [0.3, 0.4) is 0 Å². The maximum atomic E-state index is 12.6. The summed E-state index contributed by atoms with van der Waals surface area (Å²) in [6.45, 7) is 7.53. The Labute approximate surface area is 189 Å². The molecule has 0 spiro atoms. The highest BCUT2D eigenvalue weighted by Gasteiger charge is 2.34. The molecule has 1 aliphatic heterocycles. The smallest absolute Gasteiger partial charge is 0.225 e. The minimum atomic E-state index is 0.277. The van der Waals surface area contributed by atoms with Crippen LogP contribution in [0.2, 0.25) is 0 Å². The van der Waals surface area contributed by atoms with Crippen molar-refractivity contribution in [3.8, 4) is 5.69 Å². The van der Waals surface area contributed by atoms with Crippen molar-refractivity contribution in [3.63, 3.8) is 0 Å². The second-order valence-corrected chi connectivity index (χ2v) is 9.04. The van der Waals surface area contributed by atoms with Crippen LogP contribution >= 0.6 is 0 Å². The number of amides is 1. The Balaban J connectivity index is 1.54. The molecule has 1 amide bonds. The Morgan fingerprint density at radius 1 is 1.06 bits per heavy atom. The fraction of sp³-hybridized carbons (Fsp3) is 0.520. The van der Waals surface area contributed by atoms with Crippen molar-refractivity contribution in [1.82, 2.24) is 24.6 Å². The monoisotopic (exact) mass is 432 g/mol. The van der Waals surface area contributed by atoms with E-state index in [1.165, 1.54) is 0 Å². The minimum Gasteiger partial charge on any atom is -0.354 e. The molecule has 5 rings (SSSR count). The van der Waals surface area contributed by atoms with Gasteiger partial charge in [-0.3, -0.25) is 4.79 Å². The third-order valence-electron chi connectivity index (χ3n) is 6.52. The van der Waals surface area contributed by atoms with Gasteiger partial charge in [0.25, 0.3) is 0 Å². The van der Waals surface area contributed by atoms with Gasteiger partial charge >= 0.3 is 0 Å². The number of anilines is 1. The first kappa shape index (κ1) is 20.9.